The predicted octanol–water partition coefficient (Wildman–Crippen LogP) is 3.24. The number of nitrogens with zero attached hydrogens (tertiary/aromatic N) is 2. The summed E-state index contributed by atoms with van der Waals surface area (Å²) in [7, 11) is 2.05. The number of likely N-dealkylation sites (tertiary alicyclic amines) is 1. The Morgan fingerprint density at radius 3 is 2.46 bits per heavy atom. The molecular formula is C25H32F3N5O2. The highest BCUT2D eigenvalue weighted by molar-refractivity contribution is 5.99. The minimum Gasteiger partial charge on any atom is -0.381 e. The molecule has 4 rings (SSSR count). The molecule has 1 aromatic carbocycles. The fourth-order valence-electron chi connectivity index (χ4n) is 4.71. The van der Waals surface area contributed by atoms with E-state index in [1.807, 2.05) is 14.0 Å². The summed E-state index contributed by atoms with van der Waals surface area (Å²) < 4.78 is 42.5. The zero-order valence-corrected chi connectivity index (χ0v) is 20.2. The van der Waals surface area contributed by atoms with Gasteiger partial charge in [0.2, 0.25) is 0 Å². The van der Waals surface area contributed by atoms with Crippen molar-refractivity contribution >= 4 is 11.6 Å². The normalized spacial score (nSPS) is 19.3. The van der Waals surface area contributed by atoms with Crippen molar-refractivity contribution in [2.24, 2.45) is 0 Å². The summed E-state index contributed by atoms with van der Waals surface area (Å²) in [6.07, 6.45) is 0.326. The first kappa shape index (κ1) is 25.2. The molecule has 190 valence electrons. The fraction of sp³-hybridized carbons (Fsp3) is 0.520. The van der Waals surface area contributed by atoms with Crippen molar-refractivity contribution < 1.29 is 18.0 Å². The molecule has 0 spiro atoms. The Labute approximate surface area is 202 Å². The Hall–Kier alpha value is -2.85. The number of pyridine rings is 1. The van der Waals surface area contributed by atoms with Gasteiger partial charge in [0.25, 0.3) is 17.9 Å². The van der Waals surface area contributed by atoms with E-state index in [0.29, 0.717) is 18.8 Å². The van der Waals surface area contributed by atoms with Crippen molar-refractivity contribution in [3.05, 3.63) is 63.3 Å². The number of piperidine rings is 1. The largest absolute Gasteiger partial charge is 0.381 e. The molecule has 2 aromatic rings. The molecule has 1 amide bonds. The third-order valence-electron chi connectivity index (χ3n) is 7.08. The summed E-state index contributed by atoms with van der Waals surface area (Å²) in [5, 5.41) is 9.25. The van der Waals surface area contributed by atoms with Gasteiger partial charge in [-0.2, -0.15) is 0 Å². The topological polar surface area (TPSA) is 78.4 Å². The van der Waals surface area contributed by atoms with Gasteiger partial charge < -0.3 is 25.4 Å². The number of carbonyl (C=O) groups is 1. The van der Waals surface area contributed by atoms with Crippen molar-refractivity contribution in [1.82, 2.24) is 20.1 Å². The number of halogens is 3. The Morgan fingerprint density at radius 2 is 1.86 bits per heavy atom. The molecule has 10 heteroatoms. The first-order chi connectivity index (χ1) is 16.6. The van der Waals surface area contributed by atoms with E-state index >= 15 is 0 Å². The van der Waals surface area contributed by atoms with Gasteiger partial charge in [-0.1, -0.05) is 18.2 Å². The summed E-state index contributed by atoms with van der Waals surface area (Å²) in [6.45, 7) is 6.47. The molecule has 0 aliphatic carbocycles. The second-order valence-electron chi connectivity index (χ2n) is 9.88. The predicted molar refractivity (Wildman–Crippen MR) is 129 cm³/mol. The zero-order valence-electron chi connectivity index (χ0n) is 20.2. The van der Waals surface area contributed by atoms with Crippen molar-refractivity contribution in [2.45, 2.75) is 50.7 Å². The molecule has 3 N–H and O–H groups in total. The quantitative estimate of drug-likeness (QED) is 0.554. The van der Waals surface area contributed by atoms with Gasteiger partial charge in [0.05, 0.1) is 28.4 Å². The van der Waals surface area contributed by atoms with Gasteiger partial charge in [-0.25, -0.2) is 13.2 Å². The van der Waals surface area contributed by atoms with Crippen LogP contribution < -0.4 is 21.5 Å². The van der Waals surface area contributed by atoms with Crippen LogP contribution in [0, 0.1) is 5.82 Å². The van der Waals surface area contributed by atoms with Crippen LogP contribution in [0.3, 0.4) is 0 Å². The van der Waals surface area contributed by atoms with Gasteiger partial charge in [0.15, 0.2) is 0 Å². The Balaban J connectivity index is 1.64. The van der Waals surface area contributed by atoms with Crippen molar-refractivity contribution in [3.63, 3.8) is 0 Å². The summed E-state index contributed by atoms with van der Waals surface area (Å²) in [5.74, 6) is -1.54. The number of aromatic nitrogens is 1. The zero-order chi connectivity index (χ0) is 25.3. The number of hydrogen-bond donors (Lipinski definition) is 3. The van der Waals surface area contributed by atoms with E-state index in [0.717, 1.165) is 32.0 Å². The van der Waals surface area contributed by atoms with Crippen LogP contribution in [-0.4, -0.2) is 54.6 Å². The number of rotatable bonds is 7. The van der Waals surface area contributed by atoms with Crippen LogP contribution in [0.15, 0.2) is 35.3 Å². The molecule has 2 fully saturated rings. The van der Waals surface area contributed by atoms with Crippen LogP contribution in [0.1, 0.15) is 60.6 Å². The van der Waals surface area contributed by atoms with Crippen molar-refractivity contribution in [3.8, 4) is 0 Å². The molecule has 3 heterocycles. The van der Waals surface area contributed by atoms with E-state index in [2.05, 4.69) is 20.9 Å². The van der Waals surface area contributed by atoms with E-state index in [4.69, 9.17) is 0 Å². The Kier molecular flexibility index (Phi) is 7.23. The monoisotopic (exact) mass is 491 g/mol. The lowest BCUT2D eigenvalue weighted by molar-refractivity contribution is 0.0937. The van der Waals surface area contributed by atoms with Crippen LogP contribution in [0.2, 0.25) is 0 Å². The second kappa shape index (κ2) is 10.0. The molecule has 0 bridgehead atoms. The number of hydrogen-bond acceptors (Lipinski definition) is 5. The lowest BCUT2D eigenvalue weighted by Gasteiger charge is -2.41. The van der Waals surface area contributed by atoms with Gasteiger partial charge in [-0.05, 0) is 46.8 Å². The van der Waals surface area contributed by atoms with E-state index < -0.39 is 35.3 Å². The van der Waals surface area contributed by atoms with Crippen LogP contribution in [-0.2, 0) is 5.54 Å². The SMILES string of the molecule is CC(NC(=O)c1cn(C2(C)CNC2)c(=O)cc1NC1CCN(C)CC1)c1cccc(C(F)F)c1F. The van der Waals surface area contributed by atoms with E-state index in [1.165, 1.54) is 18.2 Å². The molecule has 1 unspecified atom stereocenters. The number of amides is 1. The van der Waals surface area contributed by atoms with Gasteiger partial charge in [0.1, 0.15) is 5.82 Å². The molecule has 1 aromatic heterocycles. The third kappa shape index (κ3) is 5.23. The third-order valence-corrected chi connectivity index (χ3v) is 7.08. The van der Waals surface area contributed by atoms with Crippen LogP contribution in [0.25, 0.3) is 0 Å². The van der Waals surface area contributed by atoms with Crippen LogP contribution in [0.4, 0.5) is 18.9 Å². The van der Waals surface area contributed by atoms with Crippen molar-refractivity contribution in [1.29, 1.82) is 0 Å². The number of nitrogens with one attached hydrogen (secondary N) is 3. The maximum atomic E-state index is 14.7. The number of anilines is 1. The van der Waals surface area contributed by atoms with Gasteiger partial charge in [-0.3, -0.25) is 9.59 Å². The van der Waals surface area contributed by atoms with Gasteiger partial charge in [-0.15, -0.1) is 0 Å². The van der Waals surface area contributed by atoms with Crippen LogP contribution in [0.5, 0.6) is 0 Å². The first-order valence-electron chi connectivity index (χ1n) is 11.9. The van der Waals surface area contributed by atoms with E-state index in [9.17, 15) is 22.8 Å². The van der Waals surface area contributed by atoms with Gasteiger partial charge >= 0.3 is 0 Å². The summed E-state index contributed by atoms with van der Waals surface area (Å²) in [6, 6.07) is 4.45. The number of benzene rings is 1. The highest BCUT2D eigenvalue weighted by atomic mass is 19.3. The average Bonchev–Trinajstić information content (AvgIpc) is 2.79. The highest BCUT2D eigenvalue weighted by Crippen LogP contribution is 2.28. The smallest absolute Gasteiger partial charge is 0.266 e. The molecule has 7 nitrogen and oxygen atoms in total. The molecule has 2 saturated heterocycles. The number of alkyl halides is 2. The van der Waals surface area contributed by atoms with E-state index in [-0.39, 0.29) is 22.7 Å². The Morgan fingerprint density at radius 1 is 1.20 bits per heavy atom. The first-order valence-corrected chi connectivity index (χ1v) is 11.9. The molecule has 2 aliphatic rings. The molecule has 1 atom stereocenters. The minimum absolute atomic E-state index is 0.0237. The molecule has 35 heavy (non-hydrogen) atoms. The molecule has 0 saturated carbocycles. The standard InChI is InChI=1S/C25H32F3N5O2/c1-15(17-5-4-6-18(22(17)26)23(27)28)30-24(35)19-12-33(25(2)13-29-14-25)21(34)11-20(19)31-16-7-9-32(3)10-8-16/h4-6,11-12,15-16,23,29,31H,7-10,13-14H2,1-3H3,(H,30,35). The lowest BCUT2D eigenvalue weighted by atomic mass is 9.94. The Bertz CT molecular complexity index is 1140. The fourth-order valence-corrected chi connectivity index (χ4v) is 4.71. The molecule has 2 aliphatic heterocycles. The maximum absolute atomic E-state index is 14.7. The van der Waals surface area contributed by atoms with E-state index in [1.54, 1.807) is 17.7 Å². The maximum Gasteiger partial charge on any atom is 0.266 e. The lowest BCUT2D eigenvalue weighted by Crippen LogP contribution is -2.61. The second-order valence-corrected chi connectivity index (χ2v) is 9.88. The molecule has 0 radical (unpaired) electrons. The molecular weight excluding hydrogens is 459 g/mol. The summed E-state index contributed by atoms with van der Waals surface area (Å²) in [4.78, 5) is 28.6. The number of carbonyl (C=O) groups excluding carboxylic acids is 1. The highest BCUT2D eigenvalue weighted by Gasteiger charge is 2.35. The minimum atomic E-state index is -2.96. The van der Waals surface area contributed by atoms with Crippen LogP contribution >= 0.6 is 0 Å². The van der Waals surface area contributed by atoms with Crippen molar-refractivity contribution in [2.75, 3.05) is 38.5 Å². The summed E-state index contributed by atoms with van der Waals surface area (Å²) >= 11 is 0. The summed E-state index contributed by atoms with van der Waals surface area (Å²) in [5.41, 5.74) is -0.722. The average molecular weight is 492 g/mol. The van der Waals surface area contributed by atoms with Gasteiger partial charge in [0, 0.05) is 37.0 Å².